The summed E-state index contributed by atoms with van der Waals surface area (Å²) in [6.45, 7) is 0.321. The Morgan fingerprint density at radius 3 is 1.86 bits per heavy atom. The van der Waals surface area contributed by atoms with Crippen molar-refractivity contribution < 1.29 is 72.5 Å². The molecule has 0 N–H and O–H groups in total. The summed E-state index contributed by atoms with van der Waals surface area (Å²) < 4.78 is 29.6. The smallest absolute Gasteiger partial charge is 0.305 e. The summed E-state index contributed by atoms with van der Waals surface area (Å²) in [5.74, 6) is 0. The average Bonchev–Trinajstić information content (AvgIpc) is 2.45. The van der Waals surface area contributed by atoms with Gasteiger partial charge in [0.2, 0.25) is 0 Å². The lowest BCUT2D eigenvalue weighted by molar-refractivity contribution is -0.853. The van der Waals surface area contributed by atoms with Crippen LogP contribution in [0.4, 0.5) is 0 Å². The maximum Gasteiger partial charge on any atom is 0.305 e. The van der Waals surface area contributed by atoms with Gasteiger partial charge in [-0.15, -0.1) is 0 Å². The Morgan fingerprint density at radius 1 is 0.773 bits per heavy atom. The van der Waals surface area contributed by atoms with Crippen LogP contribution in [0.5, 0.6) is 0 Å². The summed E-state index contributed by atoms with van der Waals surface area (Å²) >= 11 is 0. The largest absolute Gasteiger partial charge is 0.387 e. The second-order valence-corrected chi connectivity index (χ2v) is 4.20. The van der Waals surface area contributed by atoms with E-state index in [-0.39, 0.29) is 13.2 Å². The molecule has 0 heterocycles. The lowest BCUT2D eigenvalue weighted by Crippen LogP contribution is -2.05. The molecule has 0 fully saturated rings. The molecule has 0 aliphatic carbocycles. The zero-order valence-corrected chi connectivity index (χ0v) is 11.9. The third kappa shape index (κ3) is 18.9. The standard InChI is InChI=1S/C6H12O15S/c1-9-3-4-10-13-15-17-19-21-20-18-16-14-11-5-6-12-22(2,7)8/h5-6H,3-4H2,1-2H3/b6-5-. The van der Waals surface area contributed by atoms with Gasteiger partial charge >= 0.3 is 10.1 Å². The Balaban J connectivity index is 3.11. The highest BCUT2D eigenvalue weighted by molar-refractivity contribution is 7.86. The maximum atomic E-state index is 10.5. The molecule has 0 rings (SSSR count). The van der Waals surface area contributed by atoms with Crippen molar-refractivity contribution in [2.24, 2.45) is 0 Å². The molecule has 15 nitrogen and oxygen atoms in total. The molecular weight excluding hydrogens is 344 g/mol. The van der Waals surface area contributed by atoms with Crippen LogP contribution >= 0.6 is 0 Å². The van der Waals surface area contributed by atoms with Crippen molar-refractivity contribution in [3.8, 4) is 0 Å². The number of hydrogen-bond donors (Lipinski definition) is 0. The number of hydrogen-bond acceptors (Lipinski definition) is 15. The molecule has 0 bridgehead atoms. The van der Waals surface area contributed by atoms with Crippen LogP contribution in [0.3, 0.4) is 0 Å². The molecule has 0 atom stereocenters. The van der Waals surface area contributed by atoms with Crippen molar-refractivity contribution >= 4 is 10.1 Å². The molecule has 0 aliphatic heterocycles. The quantitative estimate of drug-likeness (QED) is 0.114. The second-order valence-electron chi connectivity index (χ2n) is 2.60. The molecule has 0 unspecified atom stereocenters. The van der Waals surface area contributed by atoms with Gasteiger partial charge in [-0.2, -0.15) is 8.42 Å². The molecular formula is C6H12O15S. The van der Waals surface area contributed by atoms with Gasteiger partial charge in [-0.25, -0.2) is 4.89 Å². The normalized spacial score (nSPS) is 11.9. The minimum Gasteiger partial charge on any atom is -0.387 e. The van der Waals surface area contributed by atoms with Crippen molar-refractivity contribution in [3.05, 3.63) is 12.5 Å². The van der Waals surface area contributed by atoms with E-state index in [1.54, 1.807) is 0 Å². The van der Waals surface area contributed by atoms with E-state index in [1.807, 2.05) is 0 Å². The van der Waals surface area contributed by atoms with E-state index in [1.165, 1.54) is 7.11 Å². The summed E-state index contributed by atoms with van der Waals surface area (Å²) in [5, 5.41) is 33.3. The topological polar surface area (TPSA) is 154 Å². The van der Waals surface area contributed by atoms with E-state index >= 15 is 0 Å². The number of methoxy groups -OCH3 is 1. The third-order valence-corrected chi connectivity index (χ3v) is 1.48. The van der Waals surface area contributed by atoms with E-state index in [9.17, 15) is 8.42 Å². The van der Waals surface area contributed by atoms with Crippen molar-refractivity contribution in [3.63, 3.8) is 0 Å². The molecule has 0 spiro atoms. The molecule has 22 heavy (non-hydrogen) atoms. The first kappa shape index (κ1) is 20.9. The van der Waals surface area contributed by atoms with Gasteiger partial charge in [-0.3, -0.25) is 0 Å². The lowest BCUT2D eigenvalue weighted by Gasteiger charge is -2.00. The van der Waals surface area contributed by atoms with Gasteiger partial charge in [-0.05, 0) is 20.2 Å². The first-order valence-electron chi connectivity index (χ1n) is 4.87. The van der Waals surface area contributed by atoms with Crippen LogP contribution in [-0.4, -0.2) is 35.0 Å². The first-order chi connectivity index (χ1) is 10.6. The SMILES string of the molecule is COCCOOOOOOOOOOO/C=C\OS(C)(=O)=O. The average molecular weight is 356 g/mol. The van der Waals surface area contributed by atoms with Crippen LogP contribution in [0, 0.1) is 0 Å². The summed E-state index contributed by atoms with van der Waals surface area (Å²) in [6, 6.07) is 0. The van der Waals surface area contributed by atoms with E-state index in [0.717, 1.165) is 6.26 Å². The van der Waals surface area contributed by atoms with E-state index in [4.69, 9.17) is 0 Å². The van der Waals surface area contributed by atoms with Crippen LogP contribution in [0.2, 0.25) is 0 Å². The van der Waals surface area contributed by atoms with Crippen molar-refractivity contribution in [1.82, 2.24) is 0 Å². The molecule has 16 heteroatoms. The van der Waals surface area contributed by atoms with Crippen LogP contribution in [0.1, 0.15) is 0 Å². The van der Waals surface area contributed by atoms with Gasteiger partial charge in [0.1, 0.15) is 12.9 Å². The van der Waals surface area contributed by atoms with E-state index in [0.29, 0.717) is 12.5 Å². The van der Waals surface area contributed by atoms with Crippen molar-refractivity contribution in [2.75, 3.05) is 26.6 Å². The lowest BCUT2D eigenvalue weighted by atomic mass is 10.8. The highest BCUT2D eigenvalue weighted by Gasteiger charge is 1.98. The third-order valence-electron chi connectivity index (χ3n) is 1.02. The Kier molecular flexibility index (Phi) is 14.0. The summed E-state index contributed by atoms with van der Waals surface area (Å²) in [7, 11) is -2.20. The Labute approximate surface area is 122 Å². The van der Waals surface area contributed by atoms with Crippen molar-refractivity contribution in [1.29, 1.82) is 0 Å². The van der Waals surface area contributed by atoms with Crippen molar-refractivity contribution in [2.45, 2.75) is 0 Å². The summed E-state index contributed by atoms with van der Waals surface area (Å²) in [5.41, 5.74) is 0. The van der Waals surface area contributed by atoms with Gasteiger partial charge in [0.15, 0.2) is 6.26 Å². The minimum absolute atomic E-state index is 0.0647. The zero-order valence-electron chi connectivity index (χ0n) is 11.1. The molecule has 0 amide bonds. The van der Waals surface area contributed by atoms with E-state index in [2.05, 4.69) is 64.0 Å². The molecule has 132 valence electrons. The predicted molar refractivity (Wildman–Crippen MR) is 53.7 cm³/mol. The van der Waals surface area contributed by atoms with Gasteiger partial charge in [0.25, 0.3) is 0 Å². The predicted octanol–water partition coefficient (Wildman–Crippen LogP) is -0.587. The summed E-state index contributed by atoms with van der Waals surface area (Å²) in [6.07, 6.45) is 2.10. The van der Waals surface area contributed by atoms with Crippen LogP contribution in [0.25, 0.3) is 0 Å². The second kappa shape index (κ2) is 14.8. The first-order valence-corrected chi connectivity index (χ1v) is 6.68. The molecule has 0 aliphatic rings. The number of ether oxygens (including phenoxy) is 1. The zero-order chi connectivity index (χ0) is 16.5. The highest BCUT2D eigenvalue weighted by Crippen LogP contribution is 1.93. The van der Waals surface area contributed by atoms with Gasteiger partial charge < -0.3 is 13.8 Å². The van der Waals surface area contributed by atoms with Gasteiger partial charge in [-0.1, -0.05) is 0 Å². The fourth-order valence-electron chi connectivity index (χ4n) is 0.435. The fraction of sp³-hybridized carbons (Fsp3) is 0.667. The van der Waals surface area contributed by atoms with Gasteiger partial charge in [0.05, 0.1) is 12.9 Å². The molecule has 0 saturated heterocycles. The van der Waals surface area contributed by atoms with Crippen LogP contribution < -0.4 is 0 Å². The molecule has 0 saturated carbocycles. The minimum atomic E-state index is -3.65. The van der Waals surface area contributed by atoms with Crippen LogP contribution in [-0.2, 0) is 74.2 Å². The Bertz CT molecular complexity index is 353. The Hall–Kier alpha value is -1.15. The Morgan fingerprint density at radius 2 is 1.32 bits per heavy atom. The fourth-order valence-corrected chi connectivity index (χ4v) is 0.683. The maximum absolute atomic E-state index is 10.5. The summed E-state index contributed by atoms with van der Waals surface area (Å²) in [4.78, 5) is 8.32. The monoisotopic (exact) mass is 356 g/mol. The molecule has 0 radical (unpaired) electrons. The molecule has 0 aromatic heterocycles. The van der Waals surface area contributed by atoms with Crippen LogP contribution in [0.15, 0.2) is 12.5 Å². The highest BCUT2D eigenvalue weighted by atomic mass is 32.2. The molecule has 0 aromatic rings. The number of rotatable bonds is 16. The van der Waals surface area contributed by atoms with E-state index < -0.39 is 10.1 Å². The molecule has 0 aromatic carbocycles. The van der Waals surface area contributed by atoms with Gasteiger partial charge in [0, 0.05) is 32.3 Å².